The molecule has 3 heteroatoms. The zero-order valence-electron chi connectivity index (χ0n) is 5.96. The number of hydrogen-bond donors (Lipinski definition) is 1. The molecular formula is C7H9NO2. The Morgan fingerprint density at radius 2 is 2.10 bits per heavy atom. The van der Waals surface area contributed by atoms with Gasteiger partial charge in [0.05, 0.1) is 5.69 Å². The van der Waals surface area contributed by atoms with Gasteiger partial charge in [0.2, 0.25) is 0 Å². The molecule has 54 valence electrons. The summed E-state index contributed by atoms with van der Waals surface area (Å²) in [5, 5.41) is 9.06. The lowest BCUT2D eigenvalue weighted by molar-refractivity contribution is 0.461. The van der Waals surface area contributed by atoms with Crippen LogP contribution in [0.15, 0.2) is 16.9 Å². The van der Waals surface area contributed by atoms with Crippen LogP contribution in [0.3, 0.4) is 0 Å². The minimum Gasteiger partial charge on any atom is -0.506 e. The van der Waals surface area contributed by atoms with Crippen molar-refractivity contribution in [3.63, 3.8) is 0 Å². The van der Waals surface area contributed by atoms with E-state index in [1.54, 1.807) is 14.0 Å². The van der Waals surface area contributed by atoms with Crippen molar-refractivity contribution < 1.29 is 5.11 Å². The normalized spacial score (nSPS) is 9.80. The van der Waals surface area contributed by atoms with Gasteiger partial charge < -0.3 is 9.67 Å². The van der Waals surface area contributed by atoms with E-state index in [0.29, 0.717) is 5.69 Å². The van der Waals surface area contributed by atoms with Gasteiger partial charge in [-0.15, -0.1) is 0 Å². The maximum Gasteiger partial charge on any atom is 0.250 e. The summed E-state index contributed by atoms with van der Waals surface area (Å²) < 4.78 is 1.40. The molecule has 0 fully saturated rings. The van der Waals surface area contributed by atoms with E-state index in [1.807, 2.05) is 0 Å². The topological polar surface area (TPSA) is 42.2 Å². The van der Waals surface area contributed by atoms with Crippen LogP contribution in [0, 0.1) is 6.92 Å². The van der Waals surface area contributed by atoms with Crippen molar-refractivity contribution in [2.75, 3.05) is 0 Å². The summed E-state index contributed by atoms with van der Waals surface area (Å²) in [6.45, 7) is 1.69. The third-order valence-corrected chi connectivity index (χ3v) is 1.59. The van der Waals surface area contributed by atoms with Crippen molar-refractivity contribution in [3.05, 3.63) is 28.2 Å². The highest BCUT2D eigenvalue weighted by atomic mass is 16.3. The molecule has 0 atom stereocenters. The first-order chi connectivity index (χ1) is 4.63. The van der Waals surface area contributed by atoms with E-state index in [0.717, 1.165) is 0 Å². The molecule has 1 aromatic rings. The maximum atomic E-state index is 10.8. The molecule has 3 nitrogen and oxygen atoms in total. The van der Waals surface area contributed by atoms with E-state index in [2.05, 4.69) is 0 Å². The highest BCUT2D eigenvalue weighted by Gasteiger charge is 1.98. The van der Waals surface area contributed by atoms with Crippen LogP contribution in [-0.2, 0) is 7.05 Å². The third-order valence-electron chi connectivity index (χ3n) is 1.59. The molecule has 0 aliphatic rings. The Hall–Kier alpha value is -1.25. The zero-order chi connectivity index (χ0) is 7.72. The Bertz CT molecular complexity index is 301. The van der Waals surface area contributed by atoms with Crippen molar-refractivity contribution in [2.45, 2.75) is 6.92 Å². The monoisotopic (exact) mass is 139 g/mol. The summed E-state index contributed by atoms with van der Waals surface area (Å²) >= 11 is 0. The molecule has 1 rings (SSSR count). The van der Waals surface area contributed by atoms with E-state index in [9.17, 15) is 4.79 Å². The van der Waals surface area contributed by atoms with Gasteiger partial charge in [0.15, 0.2) is 0 Å². The van der Waals surface area contributed by atoms with E-state index in [1.165, 1.54) is 16.7 Å². The number of aromatic nitrogens is 1. The summed E-state index contributed by atoms with van der Waals surface area (Å²) in [6.07, 6.45) is 0. The smallest absolute Gasteiger partial charge is 0.250 e. The van der Waals surface area contributed by atoms with Gasteiger partial charge in [0.1, 0.15) is 5.75 Å². The summed E-state index contributed by atoms with van der Waals surface area (Å²) in [6, 6.07) is 2.74. The van der Waals surface area contributed by atoms with E-state index >= 15 is 0 Å². The molecule has 0 spiro atoms. The van der Waals surface area contributed by atoms with Crippen molar-refractivity contribution in [2.24, 2.45) is 7.05 Å². The third kappa shape index (κ3) is 0.900. The molecular weight excluding hydrogens is 130 g/mol. The van der Waals surface area contributed by atoms with Gasteiger partial charge in [0.25, 0.3) is 5.56 Å². The number of hydrogen-bond acceptors (Lipinski definition) is 2. The average Bonchev–Trinajstić information content (AvgIpc) is 1.93. The Kier molecular flexibility index (Phi) is 1.49. The van der Waals surface area contributed by atoms with Crippen LogP contribution in [0.2, 0.25) is 0 Å². The first-order valence-electron chi connectivity index (χ1n) is 2.98. The summed E-state index contributed by atoms with van der Waals surface area (Å²) in [5.41, 5.74) is 0.489. The second kappa shape index (κ2) is 2.17. The van der Waals surface area contributed by atoms with Gasteiger partial charge in [-0.3, -0.25) is 4.79 Å². The van der Waals surface area contributed by atoms with Gasteiger partial charge in [-0.2, -0.15) is 0 Å². The van der Waals surface area contributed by atoms with Gasteiger partial charge >= 0.3 is 0 Å². The van der Waals surface area contributed by atoms with Crippen LogP contribution in [-0.4, -0.2) is 9.67 Å². The van der Waals surface area contributed by atoms with Crippen LogP contribution in [0.1, 0.15) is 5.69 Å². The highest BCUT2D eigenvalue weighted by molar-refractivity contribution is 5.24. The number of nitrogens with zero attached hydrogens (tertiary/aromatic N) is 1. The second-order valence-electron chi connectivity index (χ2n) is 2.20. The van der Waals surface area contributed by atoms with E-state index < -0.39 is 0 Å². The van der Waals surface area contributed by atoms with Gasteiger partial charge in [-0.25, -0.2) is 0 Å². The summed E-state index contributed by atoms with van der Waals surface area (Å²) in [5.74, 6) is 0.155. The maximum absolute atomic E-state index is 10.8. The lowest BCUT2D eigenvalue weighted by Gasteiger charge is -2.02. The Balaban J connectivity index is 3.49. The molecule has 0 saturated carbocycles. The molecule has 0 aromatic carbocycles. The van der Waals surface area contributed by atoms with Crippen molar-refractivity contribution >= 4 is 0 Å². The summed E-state index contributed by atoms with van der Waals surface area (Å²) in [7, 11) is 1.62. The predicted molar refractivity (Wildman–Crippen MR) is 38.1 cm³/mol. The lowest BCUT2D eigenvalue weighted by Crippen LogP contribution is -2.16. The van der Waals surface area contributed by atoms with Crippen molar-refractivity contribution in [1.29, 1.82) is 0 Å². The molecule has 0 saturated heterocycles. The largest absolute Gasteiger partial charge is 0.506 e. The minimum atomic E-state index is -0.102. The predicted octanol–water partition coefficient (Wildman–Crippen LogP) is 0.399. The van der Waals surface area contributed by atoms with E-state index in [-0.39, 0.29) is 11.3 Å². The fourth-order valence-corrected chi connectivity index (χ4v) is 0.720. The van der Waals surface area contributed by atoms with Crippen molar-refractivity contribution in [3.8, 4) is 5.75 Å². The van der Waals surface area contributed by atoms with Crippen LogP contribution >= 0.6 is 0 Å². The lowest BCUT2D eigenvalue weighted by atomic mass is 10.3. The molecule has 10 heavy (non-hydrogen) atoms. The molecule has 0 amide bonds. The minimum absolute atomic E-state index is 0.102. The van der Waals surface area contributed by atoms with Crippen LogP contribution in [0.4, 0.5) is 0 Å². The average molecular weight is 139 g/mol. The standard InChI is InChI=1S/C7H9NO2/c1-5-6(9)3-4-7(10)8(5)2/h3-4,9H,1-2H3. The first-order valence-corrected chi connectivity index (χ1v) is 2.98. The zero-order valence-corrected chi connectivity index (χ0v) is 5.96. The fraction of sp³-hybridized carbons (Fsp3) is 0.286. The molecule has 0 aliphatic carbocycles. The summed E-state index contributed by atoms with van der Waals surface area (Å²) in [4.78, 5) is 10.8. The Labute approximate surface area is 58.5 Å². The second-order valence-corrected chi connectivity index (χ2v) is 2.20. The number of aromatic hydroxyl groups is 1. The fourth-order valence-electron chi connectivity index (χ4n) is 0.720. The molecule has 0 radical (unpaired) electrons. The first kappa shape index (κ1) is 6.86. The Morgan fingerprint density at radius 1 is 1.50 bits per heavy atom. The van der Waals surface area contributed by atoms with Crippen molar-refractivity contribution in [1.82, 2.24) is 4.57 Å². The van der Waals surface area contributed by atoms with Crippen LogP contribution in [0.5, 0.6) is 5.75 Å². The van der Waals surface area contributed by atoms with Crippen LogP contribution < -0.4 is 5.56 Å². The molecule has 0 aliphatic heterocycles. The molecule has 0 bridgehead atoms. The SMILES string of the molecule is Cc1c(O)ccc(=O)n1C. The number of rotatable bonds is 0. The number of pyridine rings is 1. The van der Waals surface area contributed by atoms with Gasteiger partial charge in [-0.05, 0) is 13.0 Å². The van der Waals surface area contributed by atoms with Crippen LogP contribution in [0.25, 0.3) is 0 Å². The molecule has 1 N–H and O–H groups in total. The highest BCUT2D eigenvalue weighted by Crippen LogP contribution is 2.09. The quantitative estimate of drug-likeness (QED) is 0.565. The molecule has 0 unspecified atom stereocenters. The molecule has 1 heterocycles. The molecule has 1 aromatic heterocycles. The van der Waals surface area contributed by atoms with E-state index in [4.69, 9.17) is 5.11 Å². The Morgan fingerprint density at radius 3 is 2.60 bits per heavy atom. The van der Waals surface area contributed by atoms with Gasteiger partial charge in [0, 0.05) is 13.1 Å². The van der Waals surface area contributed by atoms with Gasteiger partial charge in [-0.1, -0.05) is 0 Å².